The van der Waals surface area contributed by atoms with Gasteiger partial charge in [-0.05, 0) is 28.1 Å². The Kier molecular flexibility index (Phi) is 5.30. The Morgan fingerprint density at radius 1 is 1.00 bits per heavy atom. The van der Waals surface area contributed by atoms with Crippen LogP contribution < -0.4 is 0 Å². The van der Waals surface area contributed by atoms with Gasteiger partial charge in [0.1, 0.15) is 5.76 Å². The number of carbonyl (C=O) groups is 1. The predicted octanol–water partition coefficient (Wildman–Crippen LogP) is 5.62. The maximum Gasteiger partial charge on any atom is 0.340 e. The summed E-state index contributed by atoms with van der Waals surface area (Å²) in [4.78, 5) is 12.1. The zero-order valence-electron chi connectivity index (χ0n) is 15.2. The highest BCUT2D eigenvalue weighted by Gasteiger charge is 2.42. The first-order valence-electron chi connectivity index (χ1n) is 8.10. The van der Waals surface area contributed by atoms with Crippen LogP contribution in [0.2, 0.25) is 16.6 Å². The summed E-state index contributed by atoms with van der Waals surface area (Å²) >= 11 is 0. The molecule has 0 aromatic carbocycles. The molecule has 0 fully saturated rings. The molecule has 1 aliphatic rings. The highest BCUT2D eigenvalue weighted by molar-refractivity contribution is 6.88. The van der Waals surface area contributed by atoms with Crippen molar-refractivity contribution in [3.05, 3.63) is 23.1 Å². The Balaban J connectivity index is 3.33. The molecule has 0 bridgehead atoms. The van der Waals surface area contributed by atoms with Crippen LogP contribution in [0.25, 0.3) is 0 Å². The highest BCUT2D eigenvalue weighted by Crippen LogP contribution is 2.44. The lowest BCUT2D eigenvalue weighted by Crippen LogP contribution is -2.43. The van der Waals surface area contributed by atoms with Gasteiger partial charge in [-0.15, -0.1) is 0 Å². The molecule has 0 aliphatic carbocycles. The Bertz CT molecular complexity index is 440. The van der Waals surface area contributed by atoms with E-state index in [0.29, 0.717) is 16.6 Å². The molecule has 1 rings (SSSR count). The number of carbonyl (C=O) groups excluding carboxylic acids is 1. The van der Waals surface area contributed by atoms with E-state index in [2.05, 4.69) is 68.0 Å². The molecule has 0 atom stereocenters. The molecule has 2 nitrogen and oxygen atoms in total. The van der Waals surface area contributed by atoms with Crippen LogP contribution >= 0.6 is 0 Å². The van der Waals surface area contributed by atoms with Crippen molar-refractivity contribution in [1.29, 1.82) is 0 Å². The van der Waals surface area contributed by atoms with Crippen molar-refractivity contribution >= 4 is 14.0 Å². The van der Waals surface area contributed by atoms with Crippen LogP contribution in [0.15, 0.2) is 23.1 Å². The topological polar surface area (TPSA) is 26.3 Å². The lowest BCUT2D eigenvalue weighted by Gasteiger charge is -2.40. The first kappa shape index (κ1) is 18.2. The molecule has 0 unspecified atom stereocenters. The van der Waals surface area contributed by atoms with Crippen molar-refractivity contribution < 1.29 is 9.53 Å². The average molecular weight is 309 g/mol. The Labute approximate surface area is 131 Å². The molecule has 0 aromatic heterocycles. The summed E-state index contributed by atoms with van der Waals surface area (Å²) in [6.07, 6.45) is 1.97. The van der Waals surface area contributed by atoms with E-state index in [1.54, 1.807) is 0 Å². The second-order valence-electron chi connectivity index (χ2n) is 8.21. The van der Waals surface area contributed by atoms with Gasteiger partial charge in [-0.2, -0.15) is 0 Å². The fraction of sp³-hybridized carbons (Fsp3) is 0.722. The van der Waals surface area contributed by atoms with Crippen molar-refractivity contribution in [3.63, 3.8) is 0 Å². The van der Waals surface area contributed by atoms with Crippen LogP contribution in [0.3, 0.4) is 0 Å². The summed E-state index contributed by atoms with van der Waals surface area (Å²) < 4.78 is 5.57. The monoisotopic (exact) mass is 308 g/mol. The number of cyclic esters (lactones) is 1. The lowest BCUT2D eigenvalue weighted by atomic mass is 9.87. The predicted molar refractivity (Wildman–Crippen MR) is 92.8 cm³/mol. The molecule has 3 heteroatoms. The largest absolute Gasteiger partial charge is 0.424 e. The molecule has 0 amide bonds. The summed E-state index contributed by atoms with van der Waals surface area (Å²) in [6.45, 7) is 20.1. The molecule has 1 heterocycles. The maximum absolute atomic E-state index is 12.1. The summed E-state index contributed by atoms with van der Waals surface area (Å²) in [6, 6.07) is 0. The van der Waals surface area contributed by atoms with Crippen LogP contribution in [0.1, 0.15) is 62.3 Å². The first-order chi connectivity index (χ1) is 9.42. The molecule has 0 N–H and O–H groups in total. The van der Waals surface area contributed by atoms with Gasteiger partial charge in [-0.3, -0.25) is 0 Å². The third kappa shape index (κ3) is 3.50. The second kappa shape index (κ2) is 6.11. The molecular weight excluding hydrogens is 276 g/mol. The highest BCUT2D eigenvalue weighted by atomic mass is 28.3. The van der Waals surface area contributed by atoms with Crippen molar-refractivity contribution in [2.24, 2.45) is 5.41 Å². The van der Waals surface area contributed by atoms with E-state index in [1.807, 2.05) is 6.08 Å². The molecule has 1 aliphatic heterocycles. The number of rotatable bonds is 4. The van der Waals surface area contributed by atoms with E-state index in [9.17, 15) is 4.79 Å². The minimum absolute atomic E-state index is 0.162. The van der Waals surface area contributed by atoms with Crippen LogP contribution in [0.4, 0.5) is 0 Å². The van der Waals surface area contributed by atoms with Gasteiger partial charge >= 0.3 is 5.97 Å². The fourth-order valence-corrected chi connectivity index (χ4v) is 9.37. The summed E-state index contributed by atoms with van der Waals surface area (Å²) in [5.41, 5.74) is 4.82. The van der Waals surface area contributed by atoms with E-state index in [-0.39, 0.29) is 11.4 Å². The number of ether oxygens (including phenoxy) is 1. The zero-order valence-corrected chi connectivity index (χ0v) is 16.2. The molecular formula is C18H32O2Si. The average Bonchev–Trinajstić information content (AvgIpc) is 2.65. The van der Waals surface area contributed by atoms with Gasteiger partial charge < -0.3 is 4.74 Å². The molecule has 21 heavy (non-hydrogen) atoms. The van der Waals surface area contributed by atoms with Crippen molar-refractivity contribution in [2.45, 2.75) is 78.9 Å². The minimum atomic E-state index is -1.69. The summed E-state index contributed by atoms with van der Waals surface area (Å²) in [5.74, 6) is 0.612. The number of hydrogen-bond acceptors (Lipinski definition) is 2. The van der Waals surface area contributed by atoms with Gasteiger partial charge in [0, 0.05) is 5.57 Å². The van der Waals surface area contributed by atoms with Crippen molar-refractivity contribution in [3.8, 4) is 0 Å². The fourth-order valence-electron chi connectivity index (χ4n) is 3.73. The molecule has 0 saturated heterocycles. The molecule has 0 saturated carbocycles. The van der Waals surface area contributed by atoms with Crippen LogP contribution in [-0.2, 0) is 9.53 Å². The van der Waals surface area contributed by atoms with Gasteiger partial charge in [0.05, 0.1) is 8.07 Å². The molecule has 0 aromatic rings. The standard InChI is InChI=1S/C18H32O2Si/c1-12(2)21(13(3)4,14(5)6)11-15-10-16(17(19)20-15)18(7,8)9/h10-14H,1-9H3/b15-11-. The zero-order chi connectivity index (χ0) is 16.6. The van der Waals surface area contributed by atoms with Gasteiger partial charge in [0.15, 0.2) is 0 Å². The number of hydrogen-bond donors (Lipinski definition) is 0. The van der Waals surface area contributed by atoms with Crippen molar-refractivity contribution in [2.75, 3.05) is 0 Å². The molecule has 0 radical (unpaired) electrons. The minimum Gasteiger partial charge on any atom is -0.424 e. The third-order valence-corrected chi connectivity index (χ3v) is 11.7. The SMILES string of the molecule is CC(C)[Si](/C=C1/C=C(C(C)(C)C)C(=O)O1)(C(C)C)C(C)C. The van der Waals surface area contributed by atoms with E-state index in [0.717, 1.165) is 11.3 Å². The van der Waals surface area contributed by atoms with Gasteiger partial charge in [0.2, 0.25) is 0 Å². The number of esters is 1. The third-order valence-electron chi connectivity index (χ3n) is 4.92. The maximum atomic E-state index is 12.1. The second-order valence-corrected chi connectivity index (χ2v) is 14.0. The normalized spacial score (nSPS) is 19.0. The smallest absolute Gasteiger partial charge is 0.340 e. The van der Waals surface area contributed by atoms with Gasteiger partial charge in [0.25, 0.3) is 0 Å². The van der Waals surface area contributed by atoms with Gasteiger partial charge in [-0.1, -0.05) is 68.0 Å². The Morgan fingerprint density at radius 2 is 1.43 bits per heavy atom. The molecule has 120 valence electrons. The Hall–Kier alpha value is -0.833. The Morgan fingerprint density at radius 3 is 1.71 bits per heavy atom. The van der Waals surface area contributed by atoms with Crippen LogP contribution in [-0.4, -0.2) is 14.0 Å². The van der Waals surface area contributed by atoms with E-state index in [4.69, 9.17) is 4.74 Å². The van der Waals surface area contributed by atoms with E-state index in [1.165, 1.54) is 0 Å². The molecule has 0 spiro atoms. The van der Waals surface area contributed by atoms with Gasteiger partial charge in [-0.25, -0.2) is 4.79 Å². The summed E-state index contributed by atoms with van der Waals surface area (Å²) in [7, 11) is -1.69. The quantitative estimate of drug-likeness (QED) is 0.498. The number of allylic oxidation sites excluding steroid dienone is 1. The van der Waals surface area contributed by atoms with E-state index >= 15 is 0 Å². The summed E-state index contributed by atoms with van der Waals surface area (Å²) in [5, 5.41) is 0. The van der Waals surface area contributed by atoms with Crippen molar-refractivity contribution in [1.82, 2.24) is 0 Å². The van der Waals surface area contributed by atoms with E-state index < -0.39 is 8.07 Å². The van der Waals surface area contributed by atoms with Crippen LogP contribution in [0.5, 0.6) is 0 Å². The first-order valence-corrected chi connectivity index (χ1v) is 10.4. The lowest BCUT2D eigenvalue weighted by molar-refractivity contribution is -0.134. The van der Waals surface area contributed by atoms with Crippen LogP contribution in [0, 0.1) is 5.41 Å².